The van der Waals surface area contributed by atoms with Crippen LogP contribution in [0.15, 0.2) is 23.1 Å². The van der Waals surface area contributed by atoms with E-state index in [1.807, 2.05) is 4.90 Å². The van der Waals surface area contributed by atoms with Crippen molar-refractivity contribution in [2.45, 2.75) is 43.0 Å². The van der Waals surface area contributed by atoms with E-state index in [4.69, 9.17) is 0 Å². The largest absolute Gasteiger partial charge is 0.480 e. The number of hydrogen-bond acceptors (Lipinski definition) is 5. The second kappa shape index (κ2) is 6.79. The first-order valence-corrected chi connectivity index (χ1v) is 10.8. The first-order valence-electron chi connectivity index (χ1n) is 9.33. The van der Waals surface area contributed by atoms with Gasteiger partial charge in [-0.25, -0.2) is 8.42 Å². The Kier molecular flexibility index (Phi) is 4.59. The van der Waals surface area contributed by atoms with Gasteiger partial charge >= 0.3 is 5.97 Å². The summed E-state index contributed by atoms with van der Waals surface area (Å²) in [7, 11) is -3.64. The Morgan fingerprint density at radius 1 is 1.07 bits per heavy atom. The molecule has 1 aromatic carbocycles. The number of carbonyl (C=O) groups is 2. The van der Waals surface area contributed by atoms with Gasteiger partial charge in [0.15, 0.2) is 0 Å². The van der Waals surface area contributed by atoms with Crippen molar-refractivity contribution in [3.63, 3.8) is 0 Å². The molecular formula is C18H23N3O5S. The highest BCUT2D eigenvalue weighted by molar-refractivity contribution is 7.89. The number of fused-ring (bicyclic) bond motifs is 3. The lowest BCUT2D eigenvalue weighted by molar-refractivity contribution is -0.137. The molecule has 8 nitrogen and oxygen atoms in total. The fraction of sp³-hybridized carbons (Fsp3) is 0.556. The summed E-state index contributed by atoms with van der Waals surface area (Å²) in [6.07, 6.45) is 4.23. The molecule has 1 amide bonds. The van der Waals surface area contributed by atoms with Crippen LogP contribution in [0, 0.1) is 0 Å². The highest BCUT2D eigenvalue weighted by atomic mass is 32.2. The van der Waals surface area contributed by atoms with Gasteiger partial charge in [-0.15, -0.1) is 0 Å². The molecule has 3 heterocycles. The molecule has 146 valence electrons. The summed E-state index contributed by atoms with van der Waals surface area (Å²) in [5.74, 6) is -1.38. The molecule has 3 aliphatic heterocycles. The monoisotopic (exact) mass is 393 g/mol. The number of carboxylic acid groups (broad SMARTS) is 1. The van der Waals surface area contributed by atoms with Crippen LogP contribution in [0.1, 0.15) is 32.1 Å². The van der Waals surface area contributed by atoms with E-state index in [1.165, 1.54) is 15.3 Å². The SMILES string of the molecule is O=C(O)CN1C(=O)[C@H]2CCCCN2c2ccc(S(=O)(=O)N3CCCC3)cc21. The van der Waals surface area contributed by atoms with Crippen molar-refractivity contribution >= 4 is 33.3 Å². The molecule has 1 aromatic rings. The maximum atomic E-state index is 12.9. The Labute approximate surface area is 158 Å². The van der Waals surface area contributed by atoms with Gasteiger partial charge in [-0.2, -0.15) is 4.31 Å². The van der Waals surface area contributed by atoms with Gasteiger partial charge in [0, 0.05) is 19.6 Å². The zero-order valence-corrected chi connectivity index (χ0v) is 15.8. The van der Waals surface area contributed by atoms with Gasteiger partial charge in [0.05, 0.1) is 16.3 Å². The standard InChI is InChI=1S/C18H23N3O5S/c22-17(23)12-21-16-11-13(27(25,26)19-8-3-4-9-19)6-7-14(16)20-10-2-1-5-15(20)18(21)24/h6-7,11,15H,1-5,8-10,12H2,(H,22,23)/t15-/m1/s1. The summed E-state index contributed by atoms with van der Waals surface area (Å²) in [4.78, 5) is 27.6. The van der Waals surface area contributed by atoms with Crippen LogP contribution in [0.4, 0.5) is 11.4 Å². The number of amides is 1. The molecule has 0 saturated carbocycles. The maximum Gasteiger partial charge on any atom is 0.323 e. The highest BCUT2D eigenvalue weighted by Gasteiger charge is 2.41. The number of aliphatic carboxylic acids is 1. The van der Waals surface area contributed by atoms with Crippen molar-refractivity contribution in [3.05, 3.63) is 18.2 Å². The number of hydrogen-bond donors (Lipinski definition) is 1. The first kappa shape index (κ1) is 18.2. The summed E-state index contributed by atoms with van der Waals surface area (Å²) in [5, 5.41) is 9.27. The van der Waals surface area contributed by atoms with Gasteiger partial charge in [-0.3, -0.25) is 14.5 Å². The van der Waals surface area contributed by atoms with Crippen LogP contribution in [0.2, 0.25) is 0 Å². The number of anilines is 2. The number of benzene rings is 1. The Morgan fingerprint density at radius 2 is 1.78 bits per heavy atom. The van der Waals surface area contributed by atoms with E-state index in [0.717, 1.165) is 31.4 Å². The second-order valence-electron chi connectivity index (χ2n) is 7.28. The summed E-state index contributed by atoms with van der Waals surface area (Å²) in [5.41, 5.74) is 1.11. The summed E-state index contributed by atoms with van der Waals surface area (Å²) in [6, 6.07) is 4.39. The maximum absolute atomic E-state index is 12.9. The molecule has 2 saturated heterocycles. The third kappa shape index (κ3) is 3.08. The van der Waals surface area contributed by atoms with E-state index in [2.05, 4.69) is 0 Å². The summed E-state index contributed by atoms with van der Waals surface area (Å²) in [6.45, 7) is 1.22. The smallest absolute Gasteiger partial charge is 0.323 e. The molecule has 0 radical (unpaired) electrons. The molecule has 2 fully saturated rings. The van der Waals surface area contributed by atoms with Crippen molar-refractivity contribution in [3.8, 4) is 0 Å². The van der Waals surface area contributed by atoms with Crippen molar-refractivity contribution in [2.24, 2.45) is 0 Å². The van der Waals surface area contributed by atoms with Gasteiger partial charge < -0.3 is 10.0 Å². The molecule has 27 heavy (non-hydrogen) atoms. The van der Waals surface area contributed by atoms with Crippen LogP contribution in [0.5, 0.6) is 0 Å². The number of sulfonamides is 1. The Hall–Kier alpha value is -2.13. The Morgan fingerprint density at radius 3 is 2.48 bits per heavy atom. The quantitative estimate of drug-likeness (QED) is 0.827. The Balaban J connectivity index is 1.80. The fourth-order valence-corrected chi connectivity index (χ4v) is 5.81. The highest BCUT2D eigenvalue weighted by Crippen LogP contribution is 2.41. The van der Waals surface area contributed by atoms with Crippen molar-refractivity contribution in [1.29, 1.82) is 0 Å². The van der Waals surface area contributed by atoms with Gasteiger partial charge in [0.25, 0.3) is 0 Å². The molecule has 1 N–H and O–H groups in total. The van der Waals surface area contributed by atoms with Crippen molar-refractivity contribution < 1.29 is 23.1 Å². The minimum absolute atomic E-state index is 0.113. The predicted molar refractivity (Wildman–Crippen MR) is 99.4 cm³/mol. The molecule has 3 aliphatic rings. The molecule has 1 atom stereocenters. The van der Waals surface area contributed by atoms with Crippen LogP contribution in [0.25, 0.3) is 0 Å². The van der Waals surface area contributed by atoms with Crippen LogP contribution < -0.4 is 9.80 Å². The van der Waals surface area contributed by atoms with Crippen LogP contribution in [-0.4, -0.2) is 61.9 Å². The molecule has 0 spiro atoms. The lowest BCUT2D eigenvalue weighted by Gasteiger charge is -2.45. The third-order valence-electron chi connectivity index (χ3n) is 5.60. The van der Waals surface area contributed by atoms with Crippen LogP contribution in [-0.2, 0) is 19.6 Å². The fourth-order valence-electron chi connectivity index (χ4n) is 4.27. The van der Waals surface area contributed by atoms with Gasteiger partial charge in [-0.05, 0) is 50.3 Å². The predicted octanol–water partition coefficient (Wildman–Crippen LogP) is 1.26. The molecule has 4 rings (SSSR count). The second-order valence-corrected chi connectivity index (χ2v) is 9.22. The zero-order valence-electron chi connectivity index (χ0n) is 15.0. The molecule has 0 bridgehead atoms. The first-order chi connectivity index (χ1) is 12.9. The Bertz CT molecular complexity index is 879. The normalized spacial score (nSPS) is 23.3. The third-order valence-corrected chi connectivity index (χ3v) is 7.49. The van der Waals surface area contributed by atoms with E-state index in [-0.39, 0.29) is 16.8 Å². The van der Waals surface area contributed by atoms with Crippen LogP contribution in [0.3, 0.4) is 0 Å². The van der Waals surface area contributed by atoms with Gasteiger partial charge in [-0.1, -0.05) is 0 Å². The average Bonchev–Trinajstić information content (AvgIpc) is 3.20. The van der Waals surface area contributed by atoms with E-state index in [0.29, 0.717) is 31.7 Å². The number of piperidine rings is 1. The van der Waals surface area contributed by atoms with E-state index < -0.39 is 22.5 Å². The number of carboxylic acids is 1. The van der Waals surface area contributed by atoms with Crippen LogP contribution >= 0.6 is 0 Å². The topological polar surface area (TPSA) is 98.2 Å². The molecule has 9 heteroatoms. The molecule has 0 aliphatic carbocycles. The molecule has 0 unspecified atom stereocenters. The number of rotatable bonds is 4. The lowest BCUT2D eigenvalue weighted by Crippen LogP contribution is -2.56. The number of carbonyl (C=O) groups excluding carboxylic acids is 1. The van der Waals surface area contributed by atoms with Crippen molar-refractivity contribution in [1.82, 2.24) is 4.31 Å². The minimum Gasteiger partial charge on any atom is -0.480 e. The summed E-state index contributed by atoms with van der Waals surface area (Å²) >= 11 is 0. The van der Waals surface area contributed by atoms with E-state index >= 15 is 0 Å². The van der Waals surface area contributed by atoms with Crippen molar-refractivity contribution in [2.75, 3.05) is 36.0 Å². The van der Waals surface area contributed by atoms with Gasteiger partial charge in [0.1, 0.15) is 12.6 Å². The van der Waals surface area contributed by atoms with Gasteiger partial charge in [0.2, 0.25) is 15.9 Å². The lowest BCUT2D eigenvalue weighted by atomic mass is 9.96. The van der Waals surface area contributed by atoms with E-state index in [9.17, 15) is 23.1 Å². The molecule has 0 aromatic heterocycles. The summed E-state index contributed by atoms with van der Waals surface area (Å²) < 4.78 is 27.3. The minimum atomic E-state index is -3.64. The molecular weight excluding hydrogens is 370 g/mol. The average molecular weight is 393 g/mol. The van der Waals surface area contributed by atoms with E-state index in [1.54, 1.807) is 12.1 Å². The number of nitrogens with zero attached hydrogens (tertiary/aromatic N) is 3. The zero-order chi connectivity index (χ0) is 19.2.